The number of nitrogens with zero attached hydrogens (tertiary/aromatic N) is 2. The minimum absolute atomic E-state index is 0.0612. The number of likely N-dealkylation sites (tertiary alicyclic amines) is 1. The van der Waals surface area contributed by atoms with Crippen molar-refractivity contribution in [2.24, 2.45) is 5.41 Å². The van der Waals surface area contributed by atoms with Crippen LogP contribution in [0.1, 0.15) is 36.5 Å². The summed E-state index contributed by atoms with van der Waals surface area (Å²) in [6, 6.07) is 2.89. The zero-order valence-electron chi connectivity index (χ0n) is 12.4. The predicted molar refractivity (Wildman–Crippen MR) is 78.0 cm³/mol. The average Bonchev–Trinajstić information content (AvgIpc) is 2.54. The van der Waals surface area contributed by atoms with Crippen molar-refractivity contribution in [1.82, 2.24) is 4.90 Å². The van der Waals surface area contributed by atoms with Crippen LogP contribution in [0, 0.1) is 21.3 Å². The topological polar surface area (TPSA) is 83.7 Å². The van der Waals surface area contributed by atoms with Crippen molar-refractivity contribution in [3.8, 4) is 0 Å². The van der Waals surface area contributed by atoms with Gasteiger partial charge in [0.2, 0.25) is 0 Å². The quantitative estimate of drug-likeness (QED) is 0.683. The number of hydrogen-bond donors (Lipinski definition) is 1. The number of carbonyl (C=O) groups excluding carboxylic acids is 1. The second-order valence-electron chi connectivity index (χ2n) is 5.72. The minimum atomic E-state index is -0.680. The first kappa shape index (κ1) is 16.4. The Labute approximate surface area is 127 Å². The summed E-state index contributed by atoms with van der Waals surface area (Å²) in [5, 5.41) is 20.5. The molecule has 1 aromatic rings. The van der Waals surface area contributed by atoms with E-state index >= 15 is 0 Å². The van der Waals surface area contributed by atoms with Crippen LogP contribution in [-0.2, 0) is 0 Å². The SMILES string of the molecule is CCC1(CO)CCN(C(=O)c2cc(F)ccc2[N+](=O)[O-])CC1. The lowest BCUT2D eigenvalue weighted by Crippen LogP contribution is -2.44. The standard InChI is InChI=1S/C15H19FN2O4/c1-2-15(10-19)5-7-17(8-6-15)14(20)12-9-11(16)3-4-13(12)18(21)22/h3-4,9,19H,2,5-8,10H2,1H3. The molecule has 0 aliphatic carbocycles. The van der Waals surface area contributed by atoms with Crippen molar-refractivity contribution in [3.63, 3.8) is 0 Å². The van der Waals surface area contributed by atoms with Gasteiger partial charge in [0.25, 0.3) is 11.6 Å². The molecule has 22 heavy (non-hydrogen) atoms. The first-order valence-electron chi connectivity index (χ1n) is 7.26. The smallest absolute Gasteiger partial charge is 0.282 e. The number of aliphatic hydroxyl groups excluding tert-OH is 1. The van der Waals surface area contributed by atoms with E-state index in [1.165, 1.54) is 4.90 Å². The molecule has 7 heteroatoms. The second-order valence-corrected chi connectivity index (χ2v) is 5.72. The van der Waals surface area contributed by atoms with E-state index in [0.717, 1.165) is 24.6 Å². The number of rotatable bonds is 4. The van der Waals surface area contributed by atoms with Gasteiger partial charge in [0.05, 0.1) is 4.92 Å². The van der Waals surface area contributed by atoms with Crippen molar-refractivity contribution in [2.45, 2.75) is 26.2 Å². The van der Waals surface area contributed by atoms with E-state index in [2.05, 4.69) is 0 Å². The third kappa shape index (κ3) is 3.09. The summed E-state index contributed by atoms with van der Waals surface area (Å²) in [7, 11) is 0. The summed E-state index contributed by atoms with van der Waals surface area (Å²) in [6.07, 6.45) is 2.08. The van der Waals surface area contributed by atoms with Crippen molar-refractivity contribution in [1.29, 1.82) is 0 Å². The normalized spacial score (nSPS) is 17.3. The zero-order valence-corrected chi connectivity index (χ0v) is 12.4. The molecule has 1 aliphatic rings. The minimum Gasteiger partial charge on any atom is -0.396 e. The first-order chi connectivity index (χ1) is 10.4. The third-order valence-corrected chi connectivity index (χ3v) is 4.58. The Morgan fingerprint density at radius 2 is 2.09 bits per heavy atom. The van der Waals surface area contributed by atoms with E-state index in [4.69, 9.17) is 0 Å². The van der Waals surface area contributed by atoms with Crippen LogP contribution >= 0.6 is 0 Å². The maximum absolute atomic E-state index is 13.3. The lowest BCUT2D eigenvalue weighted by Gasteiger charge is -2.40. The van der Waals surface area contributed by atoms with E-state index in [9.17, 15) is 24.4 Å². The summed E-state index contributed by atoms with van der Waals surface area (Å²) < 4.78 is 13.3. The molecule has 0 radical (unpaired) electrons. The maximum atomic E-state index is 13.3. The highest BCUT2D eigenvalue weighted by Crippen LogP contribution is 2.35. The van der Waals surface area contributed by atoms with Crippen LogP contribution in [0.15, 0.2) is 18.2 Å². The molecule has 1 aliphatic heterocycles. The van der Waals surface area contributed by atoms with Crippen LogP contribution < -0.4 is 0 Å². The van der Waals surface area contributed by atoms with Crippen molar-refractivity contribution < 1.29 is 19.2 Å². The molecule has 0 aromatic heterocycles. The maximum Gasteiger partial charge on any atom is 0.282 e. The van der Waals surface area contributed by atoms with Gasteiger partial charge in [-0.1, -0.05) is 6.92 Å². The summed E-state index contributed by atoms with van der Waals surface area (Å²) >= 11 is 0. The lowest BCUT2D eigenvalue weighted by atomic mass is 9.77. The van der Waals surface area contributed by atoms with Crippen molar-refractivity contribution >= 4 is 11.6 Å². The van der Waals surface area contributed by atoms with Gasteiger partial charge in [0.1, 0.15) is 11.4 Å². The zero-order chi connectivity index (χ0) is 16.3. The van der Waals surface area contributed by atoms with Crippen molar-refractivity contribution in [3.05, 3.63) is 39.7 Å². The Morgan fingerprint density at radius 3 is 2.59 bits per heavy atom. The molecule has 0 unspecified atom stereocenters. The molecule has 1 aromatic carbocycles. The number of halogens is 1. The molecule has 0 bridgehead atoms. The largest absolute Gasteiger partial charge is 0.396 e. The number of piperidine rings is 1. The Bertz CT molecular complexity index is 577. The highest BCUT2D eigenvalue weighted by Gasteiger charge is 2.35. The van der Waals surface area contributed by atoms with E-state index in [1.54, 1.807) is 0 Å². The molecule has 1 heterocycles. The number of carbonyl (C=O) groups is 1. The lowest BCUT2D eigenvalue weighted by molar-refractivity contribution is -0.385. The van der Waals surface area contributed by atoms with E-state index in [1.807, 2.05) is 6.92 Å². The molecule has 1 saturated heterocycles. The Hall–Kier alpha value is -2.02. The average molecular weight is 310 g/mol. The highest BCUT2D eigenvalue weighted by molar-refractivity contribution is 5.98. The van der Waals surface area contributed by atoms with Gasteiger partial charge in [-0.25, -0.2) is 4.39 Å². The number of benzene rings is 1. The van der Waals surface area contributed by atoms with E-state index in [0.29, 0.717) is 25.9 Å². The fraction of sp³-hybridized carbons (Fsp3) is 0.533. The van der Waals surface area contributed by atoms with Crippen LogP contribution in [-0.4, -0.2) is 40.5 Å². The summed E-state index contributed by atoms with van der Waals surface area (Å²) in [5.41, 5.74) is -0.802. The molecule has 120 valence electrons. The molecular formula is C15H19FN2O4. The number of hydrogen-bond acceptors (Lipinski definition) is 4. The van der Waals surface area contributed by atoms with E-state index < -0.39 is 16.6 Å². The van der Waals surface area contributed by atoms with Gasteiger partial charge in [-0.05, 0) is 36.8 Å². The van der Waals surface area contributed by atoms with Gasteiger partial charge in [0, 0.05) is 25.8 Å². The van der Waals surface area contributed by atoms with Crippen LogP contribution in [0.2, 0.25) is 0 Å². The fourth-order valence-electron chi connectivity index (χ4n) is 2.82. The van der Waals surface area contributed by atoms with Crippen LogP contribution in [0.25, 0.3) is 0 Å². The molecule has 2 rings (SSSR count). The molecule has 0 atom stereocenters. The molecular weight excluding hydrogens is 291 g/mol. The Kier molecular flexibility index (Phi) is 4.75. The van der Waals surface area contributed by atoms with Crippen LogP contribution in [0.3, 0.4) is 0 Å². The molecule has 1 N–H and O–H groups in total. The molecule has 6 nitrogen and oxygen atoms in total. The summed E-state index contributed by atoms with van der Waals surface area (Å²) in [4.78, 5) is 24.3. The van der Waals surface area contributed by atoms with Gasteiger partial charge >= 0.3 is 0 Å². The number of amides is 1. The van der Waals surface area contributed by atoms with Gasteiger partial charge in [0.15, 0.2) is 0 Å². The monoisotopic (exact) mass is 310 g/mol. The van der Waals surface area contributed by atoms with Gasteiger partial charge in [-0.15, -0.1) is 0 Å². The molecule has 0 spiro atoms. The fourth-order valence-corrected chi connectivity index (χ4v) is 2.82. The van der Waals surface area contributed by atoms with Gasteiger partial charge in [-0.2, -0.15) is 0 Å². The highest BCUT2D eigenvalue weighted by atomic mass is 19.1. The number of nitro groups is 1. The van der Waals surface area contributed by atoms with Crippen LogP contribution in [0.4, 0.5) is 10.1 Å². The predicted octanol–water partition coefficient (Wildman–Crippen LogP) is 2.36. The first-order valence-corrected chi connectivity index (χ1v) is 7.26. The van der Waals surface area contributed by atoms with Gasteiger partial charge < -0.3 is 10.0 Å². The summed E-state index contributed by atoms with van der Waals surface area (Å²) in [6.45, 7) is 2.86. The number of nitro benzene ring substituents is 1. The third-order valence-electron chi connectivity index (χ3n) is 4.58. The number of aliphatic hydroxyl groups is 1. The summed E-state index contributed by atoms with van der Waals surface area (Å²) in [5.74, 6) is -1.21. The molecule has 1 amide bonds. The van der Waals surface area contributed by atoms with Gasteiger partial charge in [-0.3, -0.25) is 14.9 Å². The Morgan fingerprint density at radius 1 is 1.45 bits per heavy atom. The van der Waals surface area contributed by atoms with Crippen LogP contribution in [0.5, 0.6) is 0 Å². The molecule has 1 fully saturated rings. The Balaban J connectivity index is 2.20. The van der Waals surface area contributed by atoms with Crippen molar-refractivity contribution in [2.75, 3.05) is 19.7 Å². The second kappa shape index (κ2) is 6.39. The molecule has 0 saturated carbocycles. The van der Waals surface area contributed by atoms with E-state index in [-0.39, 0.29) is 23.3 Å².